The number of hydrogen-bond acceptors (Lipinski definition) is 5. The highest BCUT2D eigenvalue weighted by Crippen LogP contribution is 2.45. The van der Waals surface area contributed by atoms with E-state index in [1.165, 1.54) is 5.56 Å². The Bertz CT molecular complexity index is 849. The number of amides is 1. The van der Waals surface area contributed by atoms with Crippen LogP contribution in [-0.2, 0) is 6.42 Å². The van der Waals surface area contributed by atoms with Gasteiger partial charge in [0.25, 0.3) is 5.91 Å². The van der Waals surface area contributed by atoms with Gasteiger partial charge in [-0.25, -0.2) is 0 Å². The Hall–Kier alpha value is -2.05. The third-order valence-corrected chi connectivity index (χ3v) is 7.09. The van der Waals surface area contributed by atoms with Gasteiger partial charge in [0.15, 0.2) is 0 Å². The number of nitrogens with zero attached hydrogens (tertiary/aromatic N) is 1. The summed E-state index contributed by atoms with van der Waals surface area (Å²) in [5.74, 6) is 1.65. The molecule has 26 heavy (non-hydrogen) atoms. The molecule has 3 atom stereocenters. The molecule has 3 N–H and O–H groups in total. The van der Waals surface area contributed by atoms with Crippen LogP contribution in [0.25, 0.3) is 0 Å². The number of fused-ring (bicyclic) bond motifs is 4. The Kier molecular flexibility index (Phi) is 3.90. The van der Waals surface area contributed by atoms with E-state index in [4.69, 9.17) is 0 Å². The summed E-state index contributed by atoms with van der Waals surface area (Å²) >= 11 is 1.59. The SMILES string of the molecule is O=C1c2ccsc2NCN1CCC1NC[C@@H]2CCc3c(O)cccc3[C@H]12. The van der Waals surface area contributed by atoms with Gasteiger partial charge in [0.05, 0.1) is 12.2 Å². The Labute approximate surface area is 157 Å². The number of phenolic OH excluding ortho intramolecular Hbond substituents is 1. The zero-order valence-corrected chi connectivity index (χ0v) is 15.4. The fourth-order valence-electron chi connectivity index (χ4n) is 4.93. The summed E-state index contributed by atoms with van der Waals surface area (Å²) < 4.78 is 0. The Morgan fingerprint density at radius 3 is 3.15 bits per heavy atom. The number of thiophene rings is 1. The second-order valence-electron chi connectivity index (χ2n) is 7.54. The number of carbonyl (C=O) groups is 1. The normalized spacial score (nSPS) is 26.8. The standard InChI is InChI=1S/C20H23N3O2S/c24-17-3-1-2-14-13(17)5-4-12-10-21-16(18(12)14)6-8-23-11-22-19-15(20(23)25)7-9-26-19/h1-3,7,9,12,16,18,21-22,24H,4-6,8,10-11H2/t12-,16?,18+/m0/s1. The first-order valence-corrected chi connectivity index (χ1v) is 10.2. The molecular weight excluding hydrogens is 346 g/mol. The minimum Gasteiger partial charge on any atom is -0.508 e. The van der Waals surface area contributed by atoms with Crippen LogP contribution < -0.4 is 10.6 Å². The predicted molar refractivity (Wildman–Crippen MR) is 103 cm³/mol. The summed E-state index contributed by atoms with van der Waals surface area (Å²) in [5.41, 5.74) is 3.23. The van der Waals surface area contributed by atoms with Crippen LogP contribution in [0.1, 0.15) is 40.2 Å². The maximum atomic E-state index is 12.6. The van der Waals surface area contributed by atoms with E-state index in [2.05, 4.69) is 16.7 Å². The third kappa shape index (κ3) is 2.51. The van der Waals surface area contributed by atoms with Crippen LogP contribution in [-0.4, -0.2) is 41.7 Å². The quantitative estimate of drug-likeness (QED) is 0.778. The Balaban J connectivity index is 1.32. The van der Waals surface area contributed by atoms with Crippen molar-refractivity contribution in [2.24, 2.45) is 5.92 Å². The lowest BCUT2D eigenvalue weighted by Crippen LogP contribution is -2.42. The summed E-state index contributed by atoms with van der Waals surface area (Å²) in [4.78, 5) is 14.6. The van der Waals surface area contributed by atoms with Crippen molar-refractivity contribution in [2.75, 3.05) is 25.1 Å². The third-order valence-electron chi connectivity index (χ3n) is 6.22. The van der Waals surface area contributed by atoms with Crippen molar-refractivity contribution in [2.45, 2.75) is 31.2 Å². The molecule has 0 spiro atoms. The smallest absolute Gasteiger partial charge is 0.258 e. The molecule has 6 heteroatoms. The van der Waals surface area contributed by atoms with E-state index in [0.29, 0.717) is 30.3 Å². The van der Waals surface area contributed by atoms with Crippen molar-refractivity contribution < 1.29 is 9.90 Å². The van der Waals surface area contributed by atoms with Crippen molar-refractivity contribution in [3.8, 4) is 5.75 Å². The van der Waals surface area contributed by atoms with Crippen LogP contribution in [0.3, 0.4) is 0 Å². The van der Waals surface area contributed by atoms with Crippen LogP contribution >= 0.6 is 11.3 Å². The number of nitrogens with one attached hydrogen (secondary N) is 2. The lowest BCUT2D eigenvalue weighted by Gasteiger charge is -2.33. The highest BCUT2D eigenvalue weighted by Gasteiger charge is 2.41. The first kappa shape index (κ1) is 16.1. The number of benzene rings is 1. The molecule has 5 rings (SSSR count). The largest absolute Gasteiger partial charge is 0.508 e. The van der Waals surface area contributed by atoms with E-state index in [1.807, 2.05) is 22.4 Å². The molecule has 2 aromatic rings. The number of anilines is 1. The average molecular weight is 369 g/mol. The lowest BCUT2D eigenvalue weighted by molar-refractivity contribution is 0.0752. The molecule has 0 bridgehead atoms. The fourth-order valence-corrected chi connectivity index (χ4v) is 5.70. The van der Waals surface area contributed by atoms with Gasteiger partial charge in [-0.3, -0.25) is 4.79 Å². The minimum atomic E-state index is 0.135. The molecule has 2 aliphatic heterocycles. The summed E-state index contributed by atoms with van der Waals surface area (Å²) in [7, 11) is 0. The van der Waals surface area contributed by atoms with Gasteiger partial charge in [0.2, 0.25) is 0 Å². The summed E-state index contributed by atoms with van der Waals surface area (Å²) in [5, 5.41) is 20.2. The van der Waals surface area contributed by atoms with Gasteiger partial charge in [-0.05, 0) is 60.4 Å². The summed E-state index contributed by atoms with van der Waals surface area (Å²) in [6, 6.07) is 8.20. The molecule has 1 saturated heterocycles. The van der Waals surface area contributed by atoms with Gasteiger partial charge in [-0.1, -0.05) is 12.1 Å². The van der Waals surface area contributed by atoms with Crippen LogP contribution in [0.5, 0.6) is 5.75 Å². The number of phenols is 1. The molecule has 3 heterocycles. The molecule has 1 aliphatic carbocycles. The highest BCUT2D eigenvalue weighted by molar-refractivity contribution is 7.14. The second-order valence-corrected chi connectivity index (χ2v) is 8.46. The van der Waals surface area contributed by atoms with Gasteiger partial charge in [0, 0.05) is 18.5 Å². The van der Waals surface area contributed by atoms with Crippen molar-refractivity contribution in [3.05, 3.63) is 46.3 Å². The van der Waals surface area contributed by atoms with Crippen molar-refractivity contribution in [1.82, 2.24) is 10.2 Å². The number of carbonyl (C=O) groups excluding carboxylic acids is 1. The summed E-state index contributed by atoms with van der Waals surface area (Å²) in [6.45, 7) is 2.37. The van der Waals surface area contributed by atoms with E-state index in [9.17, 15) is 9.90 Å². The molecular formula is C20H23N3O2S. The van der Waals surface area contributed by atoms with Gasteiger partial charge >= 0.3 is 0 Å². The van der Waals surface area contributed by atoms with Crippen LogP contribution in [0, 0.1) is 5.92 Å². The first-order valence-electron chi connectivity index (χ1n) is 9.37. The van der Waals surface area contributed by atoms with E-state index >= 15 is 0 Å². The number of aromatic hydroxyl groups is 1. The van der Waals surface area contributed by atoms with E-state index < -0.39 is 0 Å². The van der Waals surface area contributed by atoms with Crippen molar-refractivity contribution in [1.29, 1.82) is 0 Å². The fraction of sp³-hybridized carbons (Fsp3) is 0.450. The topological polar surface area (TPSA) is 64.6 Å². The van der Waals surface area contributed by atoms with Crippen molar-refractivity contribution >= 4 is 22.2 Å². The monoisotopic (exact) mass is 369 g/mol. The maximum Gasteiger partial charge on any atom is 0.258 e. The second kappa shape index (κ2) is 6.28. The molecule has 1 fully saturated rings. The molecule has 3 aliphatic rings. The van der Waals surface area contributed by atoms with Crippen LogP contribution in [0.4, 0.5) is 5.00 Å². The molecule has 1 unspecified atom stereocenters. The molecule has 0 radical (unpaired) electrons. The van der Waals surface area contributed by atoms with E-state index in [-0.39, 0.29) is 5.91 Å². The molecule has 1 aromatic carbocycles. The van der Waals surface area contributed by atoms with Gasteiger partial charge in [-0.2, -0.15) is 0 Å². The maximum absolute atomic E-state index is 12.6. The highest BCUT2D eigenvalue weighted by atomic mass is 32.1. The minimum absolute atomic E-state index is 0.135. The van der Waals surface area contributed by atoms with Crippen molar-refractivity contribution in [3.63, 3.8) is 0 Å². The molecule has 5 nitrogen and oxygen atoms in total. The lowest BCUT2D eigenvalue weighted by atomic mass is 9.73. The molecule has 0 saturated carbocycles. The predicted octanol–water partition coefficient (Wildman–Crippen LogP) is 2.99. The zero-order chi connectivity index (χ0) is 17.7. The van der Waals surface area contributed by atoms with E-state index in [1.54, 1.807) is 17.4 Å². The Morgan fingerprint density at radius 1 is 1.31 bits per heavy atom. The average Bonchev–Trinajstić information content (AvgIpc) is 3.29. The van der Waals surface area contributed by atoms with Gasteiger partial charge in [-0.15, -0.1) is 11.3 Å². The molecule has 136 valence electrons. The zero-order valence-electron chi connectivity index (χ0n) is 14.6. The van der Waals surface area contributed by atoms with Gasteiger partial charge < -0.3 is 20.6 Å². The number of hydrogen-bond donors (Lipinski definition) is 3. The van der Waals surface area contributed by atoms with Crippen LogP contribution in [0.2, 0.25) is 0 Å². The molecule has 1 amide bonds. The summed E-state index contributed by atoms with van der Waals surface area (Å²) in [6.07, 6.45) is 3.03. The van der Waals surface area contributed by atoms with E-state index in [0.717, 1.165) is 48.5 Å². The van der Waals surface area contributed by atoms with Crippen LogP contribution in [0.15, 0.2) is 29.6 Å². The number of rotatable bonds is 3. The van der Waals surface area contributed by atoms with Gasteiger partial charge in [0.1, 0.15) is 10.8 Å². The molecule has 1 aromatic heterocycles. The first-order chi connectivity index (χ1) is 12.7. The Morgan fingerprint density at radius 2 is 2.23 bits per heavy atom.